The van der Waals surface area contributed by atoms with Crippen LogP contribution >= 0.6 is 7.82 Å². The molecule has 0 aliphatic carbocycles. The van der Waals surface area contributed by atoms with E-state index in [1.165, 1.54) is 38.5 Å². The minimum absolute atomic E-state index is 0.275. The van der Waals surface area contributed by atoms with Crippen LogP contribution in [0.5, 0.6) is 0 Å². The highest BCUT2D eigenvalue weighted by Gasteiger charge is 2.19. The van der Waals surface area contributed by atoms with Crippen LogP contribution in [0.3, 0.4) is 0 Å². The molecular weight excluding hydrogens is 431 g/mol. The largest absolute Gasteiger partial charge is 0.472 e. The van der Waals surface area contributed by atoms with E-state index in [0.717, 1.165) is 64.2 Å². The summed E-state index contributed by atoms with van der Waals surface area (Å²) in [4.78, 5) is 9.74. The molecule has 0 aromatic heterocycles. The average Bonchev–Trinajstić information content (AvgIpc) is 2.80. The molecule has 0 spiro atoms. The molecular formula is C28H43O4P. The van der Waals surface area contributed by atoms with Crippen LogP contribution in [0, 0.1) is 47.4 Å². The van der Waals surface area contributed by atoms with Crippen LogP contribution in [0.2, 0.25) is 0 Å². The molecule has 33 heavy (non-hydrogen) atoms. The van der Waals surface area contributed by atoms with E-state index in [4.69, 9.17) is 9.05 Å². The normalized spacial score (nSPS) is 10.0. The van der Waals surface area contributed by atoms with E-state index in [0.29, 0.717) is 0 Å². The first kappa shape index (κ1) is 31.4. The molecule has 0 atom stereocenters. The number of rotatable bonds is 20. The van der Waals surface area contributed by atoms with Gasteiger partial charge in [0.1, 0.15) is 0 Å². The third kappa shape index (κ3) is 26.5. The molecule has 0 saturated carbocycles. The molecule has 1 N–H and O–H groups in total. The van der Waals surface area contributed by atoms with Gasteiger partial charge in [0.25, 0.3) is 0 Å². The van der Waals surface area contributed by atoms with Gasteiger partial charge in [0.15, 0.2) is 0 Å². The molecule has 0 unspecified atom stereocenters. The minimum atomic E-state index is -3.90. The topological polar surface area (TPSA) is 55.8 Å². The molecule has 0 bridgehead atoms. The van der Waals surface area contributed by atoms with Crippen molar-refractivity contribution in [3.8, 4) is 47.4 Å². The predicted octanol–water partition coefficient (Wildman–Crippen LogP) is 7.42. The van der Waals surface area contributed by atoms with Crippen molar-refractivity contribution in [3.63, 3.8) is 0 Å². The molecule has 0 rings (SSSR count). The van der Waals surface area contributed by atoms with Crippen molar-refractivity contribution in [2.75, 3.05) is 13.2 Å². The highest BCUT2D eigenvalue weighted by molar-refractivity contribution is 7.47. The minimum Gasteiger partial charge on any atom is -0.302 e. The third-order valence-electron chi connectivity index (χ3n) is 4.95. The summed E-state index contributed by atoms with van der Waals surface area (Å²) in [5.74, 6) is 22.8. The molecule has 0 heterocycles. The van der Waals surface area contributed by atoms with Crippen molar-refractivity contribution in [2.45, 2.75) is 117 Å². The number of phosphoric ester groups is 1. The molecule has 5 heteroatoms. The van der Waals surface area contributed by atoms with Crippen LogP contribution < -0.4 is 0 Å². The lowest BCUT2D eigenvalue weighted by Gasteiger charge is -2.12. The lowest BCUT2D eigenvalue weighted by Crippen LogP contribution is -1.99. The van der Waals surface area contributed by atoms with Gasteiger partial charge in [-0.3, -0.25) is 9.05 Å². The number of hydrogen-bond acceptors (Lipinski definition) is 3. The van der Waals surface area contributed by atoms with E-state index >= 15 is 0 Å². The van der Waals surface area contributed by atoms with E-state index in [2.05, 4.69) is 47.4 Å². The summed E-state index contributed by atoms with van der Waals surface area (Å²) in [7, 11) is -3.90. The van der Waals surface area contributed by atoms with E-state index in [-0.39, 0.29) is 13.2 Å². The Kier molecular flexibility index (Phi) is 23.7. The second-order valence-corrected chi connectivity index (χ2v) is 9.39. The predicted molar refractivity (Wildman–Crippen MR) is 138 cm³/mol. The summed E-state index contributed by atoms with van der Waals surface area (Å²) in [6.07, 6.45) is 17.0. The Morgan fingerprint density at radius 3 is 1.24 bits per heavy atom. The first-order valence-corrected chi connectivity index (χ1v) is 14.0. The monoisotopic (exact) mass is 474 g/mol. The second-order valence-electron chi connectivity index (χ2n) is 7.94. The van der Waals surface area contributed by atoms with Crippen LogP contribution in [0.1, 0.15) is 117 Å². The van der Waals surface area contributed by atoms with Gasteiger partial charge in [0.05, 0.1) is 13.2 Å². The van der Waals surface area contributed by atoms with E-state index in [1.807, 2.05) is 0 Å². The third-order valence-corrected chi connectivity index (χ3v) is 5.97. The highest BCUT2D eigenvalue weighted by atomic mass is 31.2. The van der Waals surface area contributed by atoms with E-state index < -0.39 is 7.82 Å². The summed E-state index contributed by atoms with van der Waals surface area (Å²) < 4.78 is 22.0. The zero-order valence-electron chi connectivity index (χ0n) is 20.8. The Morgan fingerprint density at radius 1 is 0.545 bits per heavy atom. The van der Waals surface area contributed by atoms with Gasteiger partial charge in [-0.1, -0.05) is 87.9 Å². The van der Waals surface area contributed by atoms with E-state index in [9.17, 15) is 9.46 Å². The summed E-state index contributed by atoms with van der Waals surface area (Å²) >= 11 is 0. The first-order valence-electron chi connectivity index (χ1n) is 12.5. The van der Waals surface area contributed by atoms with Crippen molar-refractivity contribution in [1.29, 1.82) is 0 Å². The highest BCUT2D eigenvalue weighted by Crippen LogP contribution is 2.43. The molecule has 184 valence electrons. The molecule has 0 aliphatic heterocycles. The van der Waals surface area contributed by atoms with E-state index in [1.54, 1.807) is 13.8 Å². The Morgan fingerprint density at radius 2 is 0.879 bits per heavy atom. The zero-order chi connectivity index (χ0) is 24.3. The van der Waals surface area contributed by atoms with Gasteiger partial charge in [-0.15, -0.1) is 0 Å². The Bertz CT molecular complexity index is 697. The molecule has 0 amide bonds. The van der Waals surface area contributed by atoms with Crippen LogP contribution in [0.15, 0.2) is 0 Å². The zero-order valence-corrected chi connectivity index (χ0v) is 21.7. The SMILES string of the molecule is CC#CC#CCCCCCCCCCOP(=O)(O)OCCCCCCCCCC#CC#CC. The lowest BCUT2D eigenvalue weighted by atomic mass is 10.1. The molecule has 0 radical (unpaired) electrons. The lowest BCUT2D eigenvalue weighted by molar-refractivity contribution is 0.145. The van der Waals surface area contributed by atoms with Crippen molar-refractivity contribution in [1.82, 2.24) is 0 Å². The van der Waals surface area contributed by atoms with Crippen LogP contribution in [-0.4, -0.2) is 18.1 Å². The summed E-state index contributed by atoms with van der Waals surface area (Å²) in [6.45, 7) is 4.14. The second kappa shape index (κ2) is 25.0. The summed E-state index contributed by atoms with van der Waals surface area (Å²) in [5, 5.41) is 0. The molecule has 0 aromatic carbocycles. The number of hydrogen-bond donors (Lipinski definition) is 1. The van der Waals surface area contributed by atoms with Gasteiger partial charge in [0, 0.05) is 12.8 Å². The van der Waals surface area contributed by atoms with Gasteiger partial charge in [-0.2, -0.15) is 0 Å². The Labute approximate surface area is 203 Å². The maximum Gasteiger partial charge on any atom is 0.472 e. The van der Waals surface area contributed by atoms with Crippen molar-refractivity contribution in [2.24, 2.45) is 0 Å². The van der Waals surface area contributed by atoms with Gasteiger partial charge in [-0.25, -0.2) is 4.57 Å². The van der Waals surface area contributed by atoms with Crippen LogP contribution in [0.4, 0.5) is 0 Å². The number of unbranched alkanes of at least 4 members (excludes halogenated alkanes) is 14. The Hall–Kier alpha value is -1.65. The maximum absolute atomic E-state index is 11.9. The molecule has 0 aromatic rings. The van der Waals surface area contributed by atoms with Gasteiger partial charge in [-0.05, 0) is 63.2 Å². The fourth-order valence-electron chi connectivity index (χ4n) is 3.13. The van der Waals surface area contributed by atoms with Gasteiger partial charge >= 0.3 is 7.82 Å². The van der Waals surface area contributed by atoms with Crippen molar-refractivity contribution < 1.29 is 18.5 Å². The average molecular weight is 475 g/mol. The smallest absolute Gasteiger partial charge is 0.302 e. The quantitative estimate of drug-likeness (QED) is 0.113. The van der Waals surface area contributed by atoms with Crippen LogP contribution in [0.25, 0.3) is 0 Å². The Balaban J connectivity index is 3.41. The van der Waals surface area contributed by atoms with Gasteiger partial charge < -0.3 is 4.89 Å². The number of phosphoric acid groups is 1. The molecule has 4 nitrogen and oxygen atoms in total. The summed E-state index contributed by atoms with van der Waals surface area (Å²) in [6, 6.07) is 0. The van der Waals surface area contributed by atoms with Gasteiger partial charge in [0.2, 0.25) is 0 Å². The molecule has 0 saturated heterocycles. The van der Waals surface area contributed by atoms with Crippen molar-refractivity contribution >= 4 is 7.82 Å². The fourth-order valence-corrected chi connectivity index (χ4v) is 3.93. The first-order chi connectivity index (χ1) is 16.1. The molecule has 0 fully saturated rings. The molecule has 0 aliphatic rings. The summed E-state index contributed by atoms with van der Waals surface area (Å²) in [5.41, 5.74) is 0. The van der Waals surface area contributed by atoms with Crippen molar-refractivity contribution in [3.05, 3.63) is 0 Å². The maximum atomic E-state index is 11.9. The van der Waals surface area contributed by atoms with Crippen LogP contribution in [-0.2, 0) is 13.6 Å². The standard InChI is InChI=1S/C28H43O4P/c1-3-5-7-9-11-13-15-17-19-21-23-25-27-31-33(29,30)32-28-26-24-22-20-18-16-14-12-10-8-6-4-2/h11-28H2,1-2H3,(H,29,30). The fraction of sp³-hybridized carbons (Fsp3) is 0.714.